The van der Waals surface area contributed by atoms with E-state index in [1.54, 1.807) is 7.11 Å². The van der Waals surface area contributed by atoms with Gasteiger partial charge >= 0.3 is 0 Å². The number of hydrogen-bond donors (Lipinski definition) is 1. The summed E-state index contributed by atoms with van der Waals surface area (Å²) in [6.45, 7) is 4.48. The maximum atomic E-state index is 12.8. The summed E-state index contributed by atoms with van der Waals surface area (Å²) in [6, 6.07) is 8.48. The Labute approximate surface area is 138 Å². The Hall–Kier alpha value is -1.59. The number of nitrogens with one attached hydrogen (secondary N) is 1. The van der Waals surface area contributed by atoms with Gasteiger partial charge in [0.1, 0.15) is 5.75 Å². The average molecular weight is 317 g/mol. The second kappa shape index (κ2) is 7.32. The summed E-state index contributed by atoms with van der Waals surface area (Å²) in [7, 11) is 3.82. The lowest BCUT2D eigenvalue weighted by molar-refractivity contribution is -0.139. The highest BCUT2D eigenvalue weighted by Crippen LogP contribution is 2.27. The minimum absolute atomic E-state index is 0.205. The molecule has 0 saturated carbocycles. The van der Waals surface area contributed by atoms with E-state index in [9.17, 15) is 4.79 Å². The number of nitrogens with zero attached hydrogens (tertiary/aromatic N) is 2. The molecule has 0 bridgehead atoms. The van der Waals surface area contributed by atoms with Crippen LogP contribution in [0.4, 0.5) is 0 Å². The van der Waals surface area contributed by atoms with E-state index in [1.807, 2.05) is 12.1 Å². The highest BCUT2D eigenvalue weighted by molar-refractivity contribution is 5.79. The molecule has 1 atom stereocenters. The summed E-state index contributed by atoms with van der Waals surface area (Å²) in [4.78, 5) is 17.2. The molecule has 126 valence electrons. The van der Waals surface area contributed by atoms with Gasteiger partial charge in [0.2, 0.25) is 5.91 Å². The lowest BCUT2D eigenvalue weighted by atomic mass is 9.95. The van der Waals surface area contributed by atoms with Gasteiger partial charge in [0.15, 0.2) is 0 Å². The van der Waals surface area contributed by atoms with Gasteiger partial charge in [-0.15, -0.1) is 0 Å². The van der Waals surface area contributed by atoms with Crippen molar-refractivity contribution in [2.24, 2.45) is 5.92 Å². The number of amides is 1. The molecule has 0 aliphatic carbocycles. The van der Waals surface area contributed by atoms with Crippen molar-refractivity contribution in [1.82, 2.24) is 15.1 Å². The molecule has 3 rings (SSSR count). The summed E-state index contributed by atoms with van der Waals surface area (Å²) in [5.41, 5.74) is 1.25. The van der Waals surface area contributed by atoms with Crippen LogP contribution >= 0.6 is 0 Å². The van der Waals surface area contributed by atoms with Crippen molar-refractivity contribution in [1.29, 1.82) is 0 Å². The van der Waals surface area contributed by atoms with Gasteiger partial charge in [-0.1, -0.05) is 12.1 Å². The van der Waals surface area contributed by atoms with E-state index < -0.39 is 0 Å². The molecule has 5 heteroatoms. The maximum absolute atomic E-state index is 12.8. The topological polar surface area (TPSA) is 44.8 Å². The van der Waals surface area contributed by atoms with Crippen LogP contribution in [-0.4, -0.2) is 62.6 Å². The molecule has 1 aromatic rings. The van der Waals surface area contributed by atoms with Crippen molar-refractivity contribution in [2.45, 2.75) is 18.9 Å². The van der Waals surface area contributed by atoms with Gasteiger partial charge in [-0.2, -0.15) is 0 Å². The Balaban J connectivity index is 1.69. The Morgan fingerprint density at radius 3 is 2.52 bits per heavy atom. The van der Waals surface area contributed by atoms with E-state index in [1.165, 1.54) is 5.56 Å². The fourth-order valence-corrected chi connectivity index (χ4v) is 3.59. The van der Waals surface area contributed by atoms with Crippen LogP contribution in [0.15, 0.2) is 24.3 Å². The van der Waals surface area contributed by atoms with E-state index in [0.717, 1.165) is 51.3 Å². The molecular weight excluding hydrogens is 290 g/mol. The van der Waals surface area contributed by atoms with Crippen LogP contribution in [0, 0.1) is 5.92 Å². The quantitative estimate of drug-likeness (QED) is 0.918. The van der Waals surface area contributed by atoms with Gasteiger partial charge in [-0.3, -0.25) is 9.69 Å². The fraction of sp³-hybridized carbons (Fsp3) is 0.611. The van der Waals surface area contributed by atoms with E-state index in [4.69, 9.17) is 4.74 Å². The SMILES string of the molecule is COc1ccc([C@H]2CN(C(=O)C3CCNCC3)CCN2C)cc1. The minimum Gasteiger partial charge on any atom is -0.497 e. The Kier molecular flexibility index (Phi) is 5.18. The molecule has 5 nitrogen and oxygen atoms in total. The van der Waals surface area contributed by atoms with Crippen LogP contribution in [0.25, 0.3) is 0 Å². The zero-order chi connectivity index (χ0) is 16.2. The third-order valence-electron chi connectivity index (χ3n) is 5.15. The Morgan fingerprint density at radius 1 is 1.17 bits per heavy atom. The smallest absolute Gasteiger partial charge is 0.225 e. The number of carbonyl (C=O) groups is 1. The molecular formula is C18H27N3O2. The number of likely N-dealkylation sites (N-methyl/N-ethyl adjacent to an activating group) is 1. The molecule has 2 saturated heterocycles. The molecule has 23 heavy (non-hydrogen) atoms. The number of piperazine rings is 1. The van der Waals surface area contributed by atoms with Crippen LogP contribution in [0.2, 0.25) is 0 Å². The van der Waals surface area contributed by atoms with Gasteiger partial charge in [0.25, 0.3) is 0 Å². The molecule has 0 aromatic heterocycles. The van der Waals surface area contributed by atoms with Crippen LogP contribution in [0.1, 0.15) is 24.4 Å². The fourth-order valence-electron chi connectivity index (χ4n) is 3.59. The summed E-state index contributed by atoms with van der Waals surface area (Å²) < 4.78 is 5.24. The first-order chi connectivity index (χ1) is 11.2. The van der Waals surface area contributed by atoms with Crippen molar-refractivity contribution < 1.29 is 9.53 Å². The number of rotatable bonds is 3. The highest BCUT2D eigenvalue weighted by atomic mass is 16.5. The van der Waals surface area contributed by atoms with E-state index in [0.29, 0.717) is 5.91 Å². The van der Waals surface area contributed by atoms with Crippen LogP contribution in [0.5, 0.6) is 5.75 Å². The molecule has 0 spiro atoms. The number of piperidine rings is 1. The van der Waals surface area contributed by atoms with Crippen molar-refractivity contribution in [3.63, 3.8) is 0 Å². The predicted molar refractivity (Wildman–Crippen MR) is 90.5 cm³/mol. The Bertz CT molecular complexity index is 526. The predicted octanol–water partition coefficient (Wildman–Crippen LogP) is 1.51. The molecule has 1 N–H and O–H groups in total. The van der Waals surface area contributed by atoms with E-state index in [2.05, 4.69) is 34.3 Å². The van der Waals surface area contributed by atoms with Crippen molar-refractivity contribution >= 4 is 5.91 Å². The zero-order valence-corrected chi connectivity index (χ0v) is 14.1. The summed E-state index contributed by atoms with van der Waals surface area (Å²) >= 11 is 0. The molecule has 0 radical (unpaired) electrons. The van der Waals surface area contributed by atoms with Crippen molar-refractivity contribution in [3.05, 3.63) is 29.8 Å². The zero-order valence-electron chi connectivity index (χ0n) is 14.1. The maximum Gasteiger partial charge on any atom is 0.225 e. The number of methoxy groups -OCH3 is 1. The minimum atomic E-state index is 0.205. The first-order valence-corrected chi connectivity index (χ1v) is 8.52. The third-order valence-corrected chi connectivity index (χ3v) is 5.15. The van der Waals surface area contributed by atoms with Gasteiger partial charge in [-0.25, -0.2) is 0 Å². The first-order valence-electron chi connectivity index (χ1n) is 8.52. The van der Waals surface area contributed by atoms with Gasteiger partial charge < -0.3 is 15.0 Å². The van der Waals surface area contributed by atoms with Gasteiger partial charge in [0, 0.05) is 25.6 Å². The second-order valence-corrected chi connectivity index (χ2v) is 6.58. The molecule has 0 unspecified atom stereocenters. The Morgan fingerprint density at radius 2 is 1.87 bits per heavy atom. The standard InChI is InChI=1S/C18H27N3O2/c1-20-11-12-21(18(22)15-7-9-19-10-8-15)13-17(20)14-3-5-16(23-2)6-4-14/h3-6,15,17,19H,7-13H2,1-2H3/t17-/m1/s1. The number of hydrogen-bond acceptors (Lipinski definition) is 4. The van der Waals surface area contributed by atoms with Crippen molar-refractivity contribution in [2.75, 3.05) is 46.9 Å². The largest absolute Gasteiger partial charge is 0.497 e. The van der Waals surface area contributed by atoms with Crippen molar-refractivity contribution in [3.8, 4) is 5.75 Å². The second-order valence-electron chi connectivity index (χ2n) is 6.58. The molecule has 2 aliphatic rings. The molecule has 2 heterocycles. The van der Waals surface area contributed by atoms with E-state index >= 15 is 0 Å². The average Bonchev–Trinajstić information content (AvgIpc) is 2.62. The van der Waals surface area contributed by atoms with Crippen LogP contribution in [-0.2, 0) is 4.79 Å². The first kappa shape index (κ1) is 16.3. The number of carbonyl (C=O) groups excluding carboxylic acids is 1. The van der Waals surface area contributed by atoms with Gasteiger partial charge in [-0.05, 0) is 50.7 Å². The molecule has 2 aliphatic heterocycles. The lowest BCUT2D eigenvalue weighted by Crippen LogP contribution is -2.51. The third kappa shape index (κ3) is 3.67. The molecule has 1 amide bonds. The summed E-state index contributed by atoms with van der Waals surface area (Å²) in [6.07, 6.45) is 1.94. The highest BCUT2D eigenvalue weighted by Gasteiger charge is 2.32. The number of ether oxygens (including phenoxy) is 1. The molecule has 1 aromatic carbocycles. The van der Waals surface area contributed by atoms with Crippen LogP contribution < -0.4 is 10.1 Å². The number of benzene rings is 1. The molecule has 2 fully saturated rings. The normalized spacial score (nSPS) is 23.7. The lowest BCUT2D eigenvalue weighted by Gasteiger charge is -2.41. The van der Waals surface area contributed by atoms with E-state index in [-0.39, 0.29) is 12.0 Å². The van der Waals surface area contributed by atoms with Crippen LogP contribution in [0.3, 0.4) is 0 Å². The summed E-state index contributed by atoms with van der Waals surface area (Å²) in [5.74, 6) is 1.42. The summed E-state index contributed by atoms with van der Waals surface area (Å²) in [5, 5.41) is 3.33. The monoisotopic (exact) mass is 317 g/mol. The van der Waals surface area contributed by atoms with Gasteiger partial charge in [0.05, 0.1) is 13.2 Å².